The molecule has 0 saturated heterocycles. The lowest BCUT2D eigenvalue weighted by atomic mass is 10.0. The van der Waals surface area contributed by atoms with Crippen LogP contribution in [0.15, 0.2) is 24.3 Å². The Morgan fingerprint density at radius 2 is 1.84 bits per heavy atom. The van der Waals surface area contributed by atoms with Crippen LogP contribution in [0, 0.1) is 12.8 Å². The molecule has 0 saturated carbocycles. The van der Waals surface area contributed by atoms with Crippen molar-refractivity contribution >= 4 is 18.3 Å². The van der Waals surface area contributed by atoms with Crippen LogP contribution in [-0.2, 0) is 4.79 Å². The van der Waals surface area contributed by atoms with Crippen molar-refractivity contribution in [2.75, 3.05) is 0 Å². The molecular formula is C15H25ClN2O. The van der Waals surface area contributed by atoms with Crippen LogP contribution >= 0.6 is 12.4 Å². The normalized spacial score (nSPS) is 13.6. The summed E-state index contributed by atoms with van der Waals surface area (Å²) in [6.45, 7) is 8.17. The summed E-state index contributed by atoms with van der Waals surface area (Å²) in [7, 11) is 0. The number of halogens is 1. The Balaban J connectivity index is 0.00000324. The summed E-state index contributed by atoms with van der Waals surface area (Å²) >= 11 is 0. The van der Waals surface area contributed by atoms with Gasteiger partial charge in [0.15, 0.2) is 0 Å². The Morgan fingerprint density at radius 1 is 1.26 bits per heavy atom. The van der Waals surface area contributed by atoms with E-state index in [1.165, 1.54) is 5.56 Å². The lowest BCUT2D eigenvalue weighted by Crippen LogP contribution is -2.42. The smallest absolute Gasteiger partial charge is 0.237 e. The fourth-order valence-corrected chi connectivity index (χ4v) is 2.09. The fourth-order valence-electron chi connectivity index (χ4n) is 2.09. The second-order valence-electron chi connectivity index (χ2n) is 5.32. The molecule has 1 unspecified atom stereocenters. The van der Waals surface area contributed by atoms with Crippen LogP contribution in [0.25, 0.3) is 0 Å². The molecule has 3 N–H and O–H groups in total. The van der Waals surface area contributed by atoms with Gasteiger partial charge >= 0.3 is 0 Å². The summed E-state index contributed by atoms with van der Waals surface area (Å²) in [4.78, 5) is 11.9. The summed E-state index contributed by atoms with van der Waals surface area (Å²) in [5.74, 6) is 0.360. The minimum atomic E-state index is -0.420. The first-order valence-corrected chi connectivity index (χ1v) is 6.53. The molecule has 108 valence electrons. The molecule has 2 atom stereocenters. The molecule has 0 heterocycles. The molecule has 1 amide bonds. The number of carbonyl (C=O) groups excluding carboxylic acids is 1. The van der Waals surface area contributed by atoms with Gasteiger partial charge in [0.1, 0.15) is 0 Å². The molecule has 1 aromatic carbocycles. The quantitative estimate of drug-likeness (QED) is 0.873. The summed E-state index contributed by atoms with van der Waals surface area (Å²) in [5.41, 5.74) is 8.19. The Morgan fingerprint density at radius 3 is 2.37 bits per heavy atom. The third-order valence-electron chi connectivity index (χ3n) is 3.08. The van der Waals surface area contributed by atoms with E-state index in [0.717, 1.165) is 5.56 Å². The second kappa shape index (κ2) is 8.18. The Labute approximate surface area is 122 Å². The third-order valence-corrected chi connectivity index (χ3v) is 3.08. The number of hydrogen-bond donors (Lipinski definition) is 2. The minimum Gasteiger partial charge on any atom is -0.348 e. The molecule has 0 spiro atoms. The van der Waals surface area contributed by atoms with Gasteiger partial charge in [0, 0.05) is 0 Å². The Kier molecular flexibility index (Phi) is 7.72. The third kappa shape index (κ3) is 5.62. The van der Waals surface area contributed by atoms with Crippen molar-refractivity contribution in [2.24, 2.45) is 11.7 Å². The molecule has 0 bridgehead atoms. The molecule has 0 aliphatic rings. The van der Waals surface area contributed by atoms with Crippen LogP contribution < -0.4 is 11.1 Å². The molecule has 1 aromatic rings. The van der Waals surface area contributed by atoms with E-state index in [9.17, 15) is 4.79 Å². The first kappa shape index (κ1) is 17.9. The van der Waals surface area contributed by atoms with Gasteiger partial charge in [0.05, 0.1) is 12.1 Å². The van der Waals surface area contributed by atoms with E-state index in [1.54, 1.807) is 0 Å². The largest absolute Gasteiger partial charge is 0.348 e. The van der Waals surface area contributed by atoms with Crippen LogP contribution in [0.1, 0.15) is 44.4 Å². The molecule has 0 aliphatic carbocycles. The average Bonchev–Trinajstić information content (AvgIpc) is 2.28. The van der Waals surface area contributed by atoms with Crippen molar-refractivity contribution in [2.45, 2.75) is 46.2 Å². The maximum absolute atomic E-state index is 11.9. The molecule has 19 heavy (non-hydrogen) atoms. The van der Waals surface area contributed by atoms with E-state index in [1.807, 2.05) is 38.1 Å². The van der Waals surface area contributed by atoms with Gasteiger partial charge in [-0.1, -0.05) is 38.1 Å². The molecule has 0 fully saturated rings. The fraction of sp³-hybridized carbons (Fsp3) is 0.533. The first-order valence-electron chi connectivity index (χ1n) is 6.53. The van der Waals surface area contributed by atoms with Crippen LogP contribution in [0.4, 0.5) is 0 Å². The van der Waals surface area contributed by atoms with Crippen molar-refractivity contribution < 1.29 is 4.79 Å². The van der Waals surface area contributed by atoms with Crippen molar-refractivity contribution in [1.29, 1.82) is 0 Å². The van der Waals surface area contributed by atoms with E-state index in [4.69, 9.17) is 5.73 Å². The van der Waals surface area contributed by atoms with E-state index < -0.39 is 6.04 Å². The van der Waals surface area contributed by atoms with Crippen LogP contribution in [-0.4, -0.2) is 11.9 Å². The number of benzene rings is 1. The van der Waals surface area contributed by atoms with E-state index >= 15 is 0 Å². The van der Waals surface area contributed by atoms with Gasteiger partial charge in [-0.2, -0.15) is 0 Å². The SMILES string of the molecule is Cc1ccccc1C(C)NC(=O)[C@@H](N)CC(C)C.Cl. The van der Waals surface area contributed by atoms with Gasteiger partial charge in [-0.25, -0.2) is 0 Å². The van der Waals surface area contributed by atoms with Crippen molar-refractivity contribution in [3.63, 3.8) is 0 Å². The van der Waals surface area contributed by atoms with Gasteiger partial charge in [-0.3, -0.25) is 4.79 Å². The van der Waals surface area contributed by atoms with Crippen LogP contribution in [0.5, 0.6) is 0 Å². The zero-order valence-electron chi connectivity index (χ0n) is 12.1. The number of amides is 1. The molecule has 3 nitrogen and oxygen atoms in total. The number of nitrogens with two attached hydrogens (primary N) is 1. The zero-order valence-corrected chi connectivity index (χ0v) is 13.0. The molecule has 1 rings (SSSR count). The summed E-state index contributed by atoms with van der Waals surface area (Å²) in [6.07, 6.45) is 0.715. The molecular weight excluding hydrogens is 260 g/mol. The highest BCUT2D eigenvalue weighted by molar-refractivity contribution is 5.85. The maximum atomic E-state index is 11.9. The average molecular weight is 285 g/mol. The monoisotopic (exact) mass is 284 g/mol. The topological polar surface area (TPSA) is 55.1 Å². The van der Waals surface area contributed by atoms with Gasteiger partial charge in [0.2, 0.25) is 5.91 Å². The zero-order chi connectivity index (χ0) is 13.7. The minimum absolute atomic E-state index is 0. The van der Waals surface area contributed by atoms with Crippen molar-refractivity contribution in [1.82, 2.24) is 5.32 Å². The predicted octanol–water partition coefficient (Wildman–Crippen LogP) is 2.97. The lowest BCUT2D eigenvalue weighted by Gasteiger charge is -2.20. The maximum Gasteiger partial charge on any atom is 0.237 e. The van der Waals surface area contributed by atoms with Gasteiger partial charge in [-0.05, 0) is 37.3 Å². The highest BCUT2D eigenvalue weighted by atomic mass is 35.5. The number of hydrogen-bond acceptors (Lipinski definition) is 2. The first-order chi connectivity index (χ1) is 8.41. The van der Waals surface area contributed by atoms with Crippen molar-refractivity contribution in [3.8, 4) is 0 Å². The van der Waals surface area contributed by atoms with E-state index in [0.29, 0.717) is 12.3 Å². The number of carbonyl (C=O) groups is 1. The Hall–Kier alpha value is -1.06. The molecule has 4 heteroatoms. The number of rotatable bonds is 5. The lowest BCUT2D eigenvalue weighted by molar-refractivity contribution is -0.123. The second-order valence-corrected chi connectivity index (χ2v) is 5.32. The van der Waals surface area contributed by atoms with Gasteiger partial charge < -0.3 is 11.1 Å². The van der Waals surface area contributed by atoms with Crippen LogP contribution in [0.2, 0.25) is 0 Å². The van der Waals surface area contributed by atoms with Crippen LogP contribution in [0.3, 0.4) is 0 Å². The standard InChI is InChI=1S/C15H24N2O.ClH/c1-10(2)9-14(16)15(18)17-12(4)13-8-6-5-7-11(13)3;/h5-8,10,12,14H,9,16H2,1-4H3,(H,17,18);1H/t12?,14-;/m0./s1. The summed E-state index contributed by atoms with van der Waals surface area (Å²) in [6, 6.07) is 7.64. The summed E-state index contributed by atoms with van der Waals surface area (Å²) < 4.78 is 0. The molecule has 0 aromatic heterocycles. The number of aryl methyl sites for hydroxylation is 1. The number of nitrogens with one attached hydrogen (secondary N) is 1. The van der Waals surface area contributed by atoms with Crippen molar-refractivity contribution in [3.05, 3.63) is 35.4 Å². The highest BCUT2D eigenvalue weighted by Crippen LogP contribution is 2.16. The molecule has 0 aliphatic heterocycles. The molecule has 0 radical (unpaired) electrons. The predicted molar refractivity (Wildman–Crippen MR) is 82.4 cm³/mol. The van der Waals surface area contributed by atoms with Gasteiger partial charge in [-0.15, -0.1) is 12.4 Å². The van der Waals surface area contributed by atoms with E-state index in [-0.39, 0.29) is 24.4 Å². The summed E-state index contributed by atoms with van der Waals surface area (Å²) in [5, 5.41) is 2.98. The highest BCUT2D eigenvalue weighted by Gasteiger charge is 2.18. The Bertz CT molecular complexity index is 407. The van der Waals surface area contributed by atoms with Gasteiger partial charge in [0.25, 0.3) is 0 Å². The van der Waals surface area contributed by atoms with E-state index in [2.05, 4.69) is 19.2 Å².